The molecule has 0 spiro atoms. The van der Waals surface area contributed by atoms with E-state index in [0.717, 1.165) is 11.3 Å². The molecule has 1 unspecified atom stereocenters. The number of benzene rings is 1. The fourth-order valence-electron chi connectivity index (χ4n) is 2.78. The maximum Gasteiger partial charge on any atom is 0.227 e. The number of hydrogen-bond donors (Lipinski definition) is 0. The highest BCUT2D eigenvalue weighted by Crippen LogP contribution is 2.28. The van der Waals surface area contributed by atoms with Gasteiger partial charge in [-0.2, -0.15) is 4.98 Å². The van der Waals surface area contributed by atoms with E-state index >= 15 is 0 Å². The van der Waals surface area contributed by atoms with Crippen molar-refractivity contribution in [1.29, 1.82) is 0 Å². The maximum atomic E-state index is 12.6. The summed E-state index contributed by atoms with van der Waals surface area (Å²) < 4.78 is 10.6. The van der Waals surface area contributed by atoms with E-state index in [1.54, 1.807) is 25.3 Å². The second-order valence-corrected chi connectivity index (χ2v) is 6.15. The Hall–Kier alpha value is -3.22. The van der Waals surface area contributed by atoms with E-state index in [1.807, 2.05) is 49.4 Å². The van der Waals surface area contributed by atoms with Crippen LogP contribution in [0.3, 0.4) is 0 Å². The summed E-state index contributed by atoms with van der Waals surface area (Å²) in [6.07, 6.45) is 2.32. The van der Waals surface area contributed by atoms with Crippen LogP contribution >= 0.6 is 0 Å². The molecule has 0 N–H and O–H groups in total. The molecule has 1 atom stereocenters. The van der Waals surface area contributed by atoms with Gasteiger partial charge in [0.2, 0.25) is 17.6 Å². The van der Waals surface area contributed by atoms with Crippen LogP contribution in [-0.4, -0.2) is 40.1 Å². The van der Waals surface area contributed by atoms with Crippen LogP contribution in [0.15, 0.2) is 53.2 Å². The number of carbonyl (C=O) groups excluding carboxylic acids is 1. The summed E-state index contributed by atoms with van der Waals surface area (Å²) in [5, 5.41) is 3.92. The number of amides is 1. The number of ether oxygens (including phenoxy) is 1. The molecule has 1 amide bonds. The highest BCUT2D eigenvalue weighted by atomic mass is 16.5. The molecule has 0 aliphatic heterocycles. The number of aromatic nitrogens is 3. The average Bonchev–Trinajstić information content (AvgIpc) is 3.20. The van der Waals surface area contributed by atoms with E-state index in [2.05, 4.69) is 15.1 Å². The molecule has 1 aromatic carbocycles. The first-order valence-corrected chi connectivity index (χ1v) is 8.72. The molecular formula is C20H22N4O3. The number of methoxy groups -OCH3 is 1. The standard InChI is InChI=1S/C20H22N4O3/c1-14(15-8-4-5-10-17(15)26-3)24(2)19(25)12-11-18-22-20(23-27-18)16-9-6-7-13-21-16/h4-10,13-14H,11-12H2,1-3H3. The van der Waals surface area contributed by atoms with E-state index in [-0.39, 0.29) is 18.4 Å². The number of aryl methyl sites for hydroxylation is 1. The average molecular weight is 366 g/mol. The molecule has 3 aromatic rings. The third-order valence-electron chi connectivity index (χ3n) is 4.48. The zero-order chi connectivity index (χ0) is 19.2. The third-order valence-corrected chi connectivity index (χ3v) is 4.48. The molecule has 0 saturated carbocycles. The largest absolute Gasteiger partial charge is 0.496 e. The fraction of sp³-hybridized carbons (Fsp3) is 0.300. The van der Waals surface area contributed by atoms with Crippen molar-refractivity contribution in [2.45, 2.75) is 25.8 Å². The van der Waals surface area contributed by atoms with Crippen molar-refractivity contribution >= 4 is 5.91 Å². The molecule has 0 radical (unpaired) electrons. The zero-order valence-electron chi connectivity index (χ0n) is 15.6. The van der Waals surface area contributed by atoms with Gasteiger partial charge in [-0.15, -0.1) is 0 Å². The van der Waals surface area contributed by atoms with Gasteiger partial charge in [-0.1, -0.05) is 29.4 Å². The minimum Gasteiger partial charge on any atom is -0.496 e. The predicted octanol–water partition coefficient (Wildman–Crippen LogP) is 3.29. The second-order valence-electron chi connectivity index (χ2n) is 6.15. The van der Waals surface area contributed by atoms with Gasteiger partial charge < -0.3 is 14.2 Å². The van der Waals surface area contributed by atoms with Crippen LogP contribution in [0.5, 0.6) is 5.75 Å². The van der Waals surface area contributed by atoms with Gasteiger partial charge in [-0.05, 0) is 25.1 Å². The van der Waals surface area contributed by atoms with Crippen LogP contribution in [0.4, 0.5) is 0 Å². The van der Waals surface area contributed by atoms with Crippen molar-refractivity contribution in [3.05, 3.63) is 60.1 Å². The van der Waals surface area contributed by atoms with Crippen molar-refractivity contribution < 1.29 is 14.1 Å². The van der Waals surface area contributed by atoms with Gasteiger partial charge in [-0.3, -0.25) is 9.78 Å². The third kappa shape index (κ3) is 4.31. The molecule has 0 fully saturated rings. The predicted molar refractivity (Wildman–Crippen MR) is 100 cm³/mol. The fourth-order valence-corrected chi connectivity index (χ4v) is 2.78. The van der Waals surface area contributed by atoms with Crippen LogP contribution in [0, 0.1) is 0 Å². The first-order valence-electron chi connectivity index (χ1n) is 8.72. The van der Waals surface area contributed by atoms with Crippen molar-refractivity contribution in [2.75, 3.05) is 14.2 Å². The smallest absolute Gasteiger partial charge is 0.227 e. The summed E-state index contributed by atoms with van der Waals surface area (Å²) in [6.45, 7) is 1.97. The quantitative estimate of drug-likeness (QED) is 0.638. The Morgan fingerprint density at radius 3 is 2.74 bits per heavy atom. The number of para-hydroxylation sites is 1. The van der Waals surface area contributed by atoms with Gasteiger partial charge in [0.25, 0.3) is 0 Å². The van der Waals surface area contributed by atoms with Crippen LogP contribution < -0.4 is 4.74 Å². The number of nitrogens with zero attached hydrogens (tertiary/aromatic N) is 4. The first kappa shape index (κ1) is 18.6. The normalized spacial score (nSPS) is 11.8. The lowest BCUT2D eigenvalue weighted by molar-refractivity contribution is -0.131. The second kappa shape index (κ2) is 8.44. The highest BCUT2D eigenvalue weighted by molar-refractivity contribution is 5.76. The Labute approximate surface area is 158 Å². The summed E-state index contributed by atoms with van der Waals surface area (Å²) in [7, 11) is 3.41. The molecule has 0 aliphatic rings. The molecule has 27 heavy (non-hydrogen) atoms. The van der Waals surface area contributed by atoms with E-state index in [9.17, 15) is 4.79 Å². The molecule has 7 nitrogen and oxygen atoms in total. The van der Waals surface area contributed by atoms with Gasteiger partial charge in [0.05, 0.1) is 13.2 Å². The molecule has 2 aromatic heterocycles. The monoisotopic (exact) mass is 366 g/mol. The van der Waals surface area contributed by atoms with Crippen LogP contribution in [-0.2, 0) is 11.2 Å². The summed E-state index contributed by atoms with van der Waals surface area (Å²) >= 11 is 0. The van der Waals surface area contributed by atoms with Crippen LogP contribution in [0.25, 0.3) is 11.5 Å². The van der Waals surface area contributed by atoms with Crippen molar-refractivity contribution in [2.24, 2.45) is 0 Å². The first-order chi connectivity index (χ1) is 13.1. The molecule has 2 heterocycles. The Balaban J connectivity index is 1.61. The molecular weight excluding hydrogens is 344 g/mol. The Bertz CT molecular complexity index is 895. The van der Waals surface area contributed by atoms with Gasteiger partial charge in [-0.25, -0.2) is 0 Å². The summed E-state index contributed by atoms with van der Waals surface area (Å²) in [6, 6.07) is 13.1. The highest BCUT2D eigenvalue weighted by Gasteiger charge is 2.21. The van der Waals surface area contributed by atoms with Gasteiger partial charge >= 0.3 is 0 Å². The minimum atomic E-state index is -0.111. The van der Waals surface area contributed by atoms with E-state index < -0.39 is 0 Å². The summed E-state index contributed by atoms with van der Waals surface area (Å²) in [4.78, 5) is 22.8. The molecule has 0 aliphatic carbocycles. The van der Waals surface area contributed by atoms with E-state index in [1.165, 1.54) is 0 Å². The lowest BCUT2D eigenvalue weighted by Gasteiger charge is -2.26. The zero-order valence-corrected chi connectivity index (χ0v) is 15.6. The molecule has 0 bridgehead atoms. The molecule has 7 heteroatoms. The Morgan fingerprint density at radius 2 is 2.00 bits per heavy atom. The number of rotatable bonds is 7. The van der Waals surface area contributed by atoms with Crippen molar-refractivity contribution in [1.82, 2.24) is 20.0 Å². The van der Waals surface area contributed by atoms with Crippen molar-refractivity contribution in [3.8, 4) is 17.3 Å². The molecule has 3 rings (SSSR count). The van der Waals surface area contributed by atoms with Gasteiger partial charge in [0.1, 0.15) is 11.4 Å². The number of hydrogen-bond acceptors (Lipinski definition) is 6. The number of pyridine rings is 1. The molecule has 140 valence electrons. The van der Waals surface area contributed by atoms with Crippen LogP contribution in [0.1, 0.15) is 30.8 Å². The maximum absolute atomic E-state index is 12.6. The topological polar surface area (TPSA) is 81.4 Å². The van der Waals surface area contributed by atoms with Gasteiger partial charge in [0, 0.05) is 31.6 Å². The lowest BCUT2D eigenvalue weighted by Crippen LogP contribution is -2.30. The van der Waals surface area contributed by atoms with E-state index in [0.29, 0.717) is 23.8 Å². The minimum absolute atomic E-state index is 0.00834. The SMILES string of the molecule is COc1ccccc1C(C)N(C)C(=O)CCc1nc(-c2ccccn2)no1. The van der Waals surface area contributed by atoms with Crippen molar-refractivity contribution in [3.63, 3.8) is 0 Å². The number of carbonyl (C=O) groups is 1. The summed E-state index contributed by atoms with van der Waals surface area (Å²) in [5.41, 5.74) is 1.60. The molecule has 0 saturated heterocycles. The van der Waals surface area contributed by atoms with Crippen LogP contribution in [0.2, 0.25) is 0 Å². The van der Waals surface area contributed by atoms with Gasteiger partial charge in [0.15, 0.2) is 0 Å². The van der Waals surface area contributed by atoms with E-state index in [4.69, 9.17) is 9.26 Å². The summed E-state index contributed by atoms with van der Waals surface area (Å²) in [5.74, 6) is 1.60. The lowest BCUT2D eigenvalue weighted by atomic mass is 10.1. The Morgan fingerprint density at radius 1 is 1.22 bits per heavy atom. The Kier molecular flexibility index (Phi) is 5.80.